The summed E-state index contributed by atoms with van der Waals surface area (Å²) in [5, 5.41) is 18.8. The molecular weight excluding hydrogens is 303 g/mol. The van der Waals surface area contributed by atoms with Crippen molar-refractivity contribution in [3.05, 3.63) is 72.2 Å². The molecule has 0 radical (unpaired) electrons. The number of hydrogen-bond donors (Lipinski definition) is 3. The molecule has 2 rings (SSSR count). The maximum Gasteiger partial charge on any atom is 0.328 e. The zero-order valence-corrected chi connectivity index (χ0v) is 12.0. The van der Waals surface area contributed by atoms with Crippen molar-refractivity contribution in [1.82, 2.24) is 4.98 Å². The number of halogens is 1. The zero-order valence-electron chi connectivity index (χ0n) is 12.0. The summed E-state index contributed by atoms with van der Waals surface area (Å²) in [6.07, 6.45) is 2.84. The Bertz CT molecular complexity index is 642. The Kier molecular flexibility index (Phi) is 7.50. The number of carboxylic acids is 2. The van der Waals surface area contributed by atoms with Crippen molar-refractivity contribution in [2.45, 2.75) is 6.54 Å². The number of anilines is 1. The highest BCUT2D eigenvalue weighted by Gasteiger charge is 1.94. The number of nitrogens with one attached hydrogen (secondary N) is 1. The smallest absolute Gasteiger partial charge is 0.328 e. The zero-order chi connectivity index (χ0) is 17.1. The molecule has 0 unspecified atom stereocenters. The number of aromatic nitrogens is 1. The van der Waals surface area contributed by atoms with E-state index in [2.05, 4.69) is 10.3 Å². The Morgan fingerprint density at radius 3 is 2.13 bits per heavy atom. The molecule has 7 heteroatoms. The molecule has 0 aliphatic heterocycles. The minimum atomic E-state index is -1.26. The summed E-state index contributed by atoms with van der Waals surface area (Å²) in [4.78, 5) is 23.2. The molecule has 0 saturated heterocycles. The SMILES string of the molecule is Fc1ccc(CNc2ccccn2)cc1.O=C(O)/C=C\C(=O)O. The molecule has 0 aliphatic rings. The Balaban J connectivity index is 0.000000284. The van der Waals surface area contributed by atoms with Gasteiger partial charge in [0.2, 0.25) is 0 Å². The average Bonchev–Trinajstić information content (AvgIpc) is 2.54. The standard InChI is InChI=1S/C12H11FN2.C4H4O4/c13-11-6-4-10(5-7-11)9-15-12-3-1-2-8-14-12;5-3(6)1-2-4(7)8/h1-8H,9H2,(H,14,15);1-2H,(H,5,6)(H,7,8)/b;2-1-. The monoisotopic (exact) mass is 318 g/mol. The summed E-state index contributed by atoms with van der Waals surface area (Å²) in [5.41, 5.74) is 1.03. The van der Waals surface area contributed by atoms with E-state index in [1.54, 1.807) is 18.3 Å². The lowest BCUT2D eigenvalue weighted by atomic mass is 10.2. The van der Waals surface area contributed by atoms with Crippen LogP contribution in [0.4, 0.5) is 10.2 Å². The minimum Gasteiger partial charge on any atom is -0.478 e. The molecule has 2 aromatic rings. The van der Waals surface area contributed by atoms with Gasteiger partial charge in [-0.3, -0.25) is 0 Å². The van der Waals surface area contributed by atoms with Crippen molar-refractivity contribution in [3.63, 3.8) is 0 Å². The van der Waals surface area contributed by atoms with E-state index in [0.29, 0.717) is 18.7 Å². The van der Waals surface area contributed by atoms with Crippen LogP contribution in [0.2, 0.25) is 0 Å². The van der Waals surface area contributed by atoms with E-state index < -0.39 is 11.9 Å². The van der Waals surface area contributed by atoms with Gasteiger partial charge in [0.05, 0.1) is 0 Å². The third-order valence-corrected chi connectivity index (χ3v) is 2.42. The van der Waals surface area contributed by atoms with Crippen LogP contribution in [-0.2, 0) is 16.1 Å². The summed E-state index contributed by atoms with van der Waals surface area (Å²) in [6.45, 7) is 0.650. The molecule has 1 aromatic carbocycles. The molecule has 0 bridgehead atoms. The first-order valence-corrected chi connectivity index (χ1v) is 6.50. The van der Waals surface area contributed by atoms with Crippen molar-refractivity contribution >= 4 is 17.8 Å². The van der Waals surface area contributed by atoms with Crippen LogP contribution >= 0.6 is 0 Å². The number of carboxylic acid groups (broad SMARTS) is 2. The Morgan fingerprint density at radius 2 is 1.65 bits per heavy atom. The van der Waals surface area contributed by atoms with Gasteiger partial charge in [-0.1, -0.05) is 18.2 Å². The Labute approximate surface area is 131 Å². The second kappa shape index (κ2) is 9.67. The van der Waals surface area contributed by atoms with Crippen molar-refractivity contribution in [2.24, 2.45) is 0 Å². The maximum absolute atomic E-state index is 12.6. The van der Waals surface area contributed by atoms with Gasteiger partial charge < -0.3 is 15.5 Å². The van der Waals surface area contributed by atoms with Gasteiger partial charge in [-0.2, -0.15) is 0 Å². The largest absolute Gasteiger partial charge is 0.478 e. The minimum absolute atomic E-state index is 0.211. The summed E-state index contributed by atoms with van der Waals surface area (Å²) in [5.74, 6) is -1.90. The molecule has 3 N–H and O–H groups in total. The fourth-order valence-electron chi connectivity index (χ4n) is 1.40. The van der Waals surface area contributed by atoms with Gasteiger partial charge >= 0.3 is 11.9 Å². The number of aliphatic carboxylic acids is 2. The summed E-state index contributed by atoms with van der Waals surface area (Å²) < 4.78 is 12.6. The van der Waals surface area contributed by atoms with Gasteiger partial charge in [0.15, 0.2) is 0 Å². The molecule has 1 aromatic heterocycles. The topological polar surface area (TPSA) is 99.5 Å². The first-order chi connectivity index (χ1) is 11.0. The Hall–Kier alpha value is -3.22. The van der Waals surface area contributed by atoms with Crippen LogP contribution in [0.25, 0.3) is 0 Å². The molecule has 23 heavy (non-hydrogen) atoms. The van der Waals surface area contributed by atoms with Crippen LogP contribution in [0.1, 0.15) is 5.56 Å². The van der Waals surface area contributed by atoms with Crippen LogP contribution in [0.5, 0.6) is 0 Å². The second-order valence-corrected chi connectivity index (χ2v) is 4.20. The first-order valence-electron chi connectivity index (χ1n) is 6.50. The number of nitrogens with zero attached hydrogens (tertiary/aromatic N) is 1. The molecule has 1 heterocycles. The lowest BCUT2D eigenvalue weighted by molar-refractivity contribution is -0.134. The fourth-order valence-corrected chi connectivity index (χ4v) is 1.40. The molecule has 0 spiro atoms. The number of carbonyl (C=O) groups is 2. The second-order valence-electron chi connectivity index (χ2n) is 4.20. The third-order valence-electron chi connectivity index (χ3n) is 2.42. The van der Waals surface area contributed by atoms with Crippen molar-refractivity contribution in [1.29, 1.82) is 0 Å². The highest BCUT2D eigenvalue weighted by molar-refractivity contribution is 5.89. The van der Waals surface area contributed by atoms with E-state index in [4.69, 9.17) is 10.2 Å². The molecule has 120 valence electrons. The summed E-state index contributed by atoms with van der Waals surface area (Å²) >= 11 is 0. The molecule has 0 atom stereocenters. The molecular formula is C16H15FN2O4. The van der Waals surface area contributed by atoms with Crippen LogP contribution in [0.3, 0.4) is 0 Å². The fraction of sp³-hybridized carbons (Fsp3) is 0.0625. The van der Waals surface area contributed by atoms with E-state index in [1.165, 1.54) is 12.1 Å². The predicted octanol–water partition coefficient (Wildman–Crippen LogP) is 2.54. The molecule has 0 amide bonds. The van der Waals surface area contributed by atoms with Crippen molar-refractivity contribution in [3.8, 4) is 0 Å². The quantitative estimate of drug-likeness (QED) is 0.733. The van der Waals surface area contributed by atoms with Gasteiger partial charge in [-0.25, -0.2) is 19.0 Å². The normalized spacial score (nSPS) is 9.78. The first kappa shape index (κ1) is 17.8. The van der Waals surface area contributed by atoms with Crippen LogP contribution in [-0.4, -0.2) is 27.1 Å². The van der Waals surface area contributed by atoms with E-state index in [0.717, 1.165) is 11.4 Å². The van der Waals surface area contributed by atoms with E-state index in [1.807, 2.05) is 18.2 Å². The number of hydrogen-bond acceptors (Lipinski definition) is 4. The van der Waals surface area contributed by atoms with Crippen LogP contribution < -0.4 is 5.32 Å². The van der Waals surface area contributed by atoms with Gasteiger partial charge in [0.25, 0.3) is 0 Å². The summed E-state index contributed by atoms with van der Waals surface area (Å²) in [7, 11) is 0. The van der Waals surface area contributed by atoms with Crippen molar-refractivity contribution < 1.29 is 24.2 Å². The summed E-state index contributed by atoms with van der Waals surface area (Å²) in [6, 6.07) is 12.1. The van der Waals surface area contributed by atoms with E-state index in [9.17, 15) is 14.0 Å². The number of benzene rings is 1. The van der Waals surface area contributed by atoms with Gasteiger partial charge in [0, 0.05) is 24.9 Å². The molecule has 0 fully saturated rings. The van der Waals surface area contributed by atoms with Crippen LogP contribution in [0, 0.1) is 5.82 Å². The molecule has 6 nitrogen and oxygen atoms in total. The van der Waals surface area contributed by atoms with E-state index >= 15 is 0 Å². The van der Waals surface area contributed by atoms with E-state index in [-0.39, 0.29) is 5.82 Å². The van der Waals surface area contributed by atoms with Gasteiger partial charge in [-0.15, -0.1) is 0 Å². The maximum atomic E-state index is 12.6. The lowest BCUT2D eigenvalue weighted by Crippen LogP contribution is -2.00. The number of pyridine rings is 1. The van der Waals surface area contributed by atoms with Crippen molar-refractivity contribution in [2.75, 3.05) is 5.32 Å². The molecule has 0 saturated carbocycles. The average molecular weight is 318 g/mol. The predicted molar refractivity (Wildman–Crippen MR) is 82.4 cm³/mol. The highest BCUT2D eigenvalue weighted by Crippen LogP contribution is 2.06. The highest BCUT2D eigenvalue weighted by atomic mass is 19.1. The van der Waals surface area contributed by atoms with Gasteiger partial charge in [-0.05, 0) is 29.8 Å². The third kappa shape index (κ3) is 8.61. The lowest BCUT2D eigenvalue weighted by Gasteiger charge is -2.04. The van der Waals surface area contributed by atoms with Gasteiger partial charge in [0.1, 0.15) is 11.6 Å². The molecule has 0 aliphatic carbocycles. The number of rotatable bonds is 5. The Morgan fingerprint density at radius 1 is 1.04 bits per heavy atom. The van der Waals surface area contributed by atoms with Crippen LogP contribution in [0.15, 0.2) is 60.8 Å².